The molecule has 0 aliphatic carbocycles. The van der Waals surface area contributed by atoms with E-state index in [1.165, 1.54) is 24.1 Å². The summed E-state index contributed by atoms with van der Waals surface area (Å²) >= 11 is 0. The topological polar surface area (TPSA) is 59.4 Å². The van der Waals surface area contributed by atoms with Crippen LogP contribution in [0.3, 0.4) is 0 Å². The molecule has 3 rings (SSSR count). The fourth-order valence-electron chi connectivity index (χ4n) is 3.25. The quantitative estimate of drug-likeness (QED) is 0.900. The molecule has 0 radical (unpaired) electrons. The van der Waals surface area contributed by atoms with Crippen LogP contribution in [-0.2, 0) is 13.1 Å². The van der Waals surface area contributed by atoms with Crippen LogP contribution in [0.2, 0.25) is 0 Å². The van der Waals surface area contributed by atoms with Crippen molar-refractivity contribution in [3.63, 3.8) is 0 Å². The van der Waals surface area contributed by atoms with Gasteiger partial charge in [-0.1, -0.05) is 30.3 Å². The highest BCUT2D eigenvalue weighted by atomic mass is 16.2. The number of amides is 2. The highest BCUT2D eigenvalue weighted by Gasteiger charge is 2.17. The standard InChI is InChI=1S/C21H24N4O/c1-24(21(26)23-15-18-10-8-17(14-22)9-11-18)16-19-6-2-3-7-20(19)25-12-4-5-13-25/h2-3,6-11H,4-5,12-13,15-16H2,1H3,(H,23,26). The van der Waals surface area contributed by atoms with Gasteiger partial charge in [0.05, 0.1) is 11.6 Å². The molecule has 2 amide bonds. The molecule has 2 aromatic carbocycles. The largest absolute Gasteiger partial charge is 0.371 e. The van der Waals surface area contributed by atoms with E-state index < -0.39 is 0 Å². The van der Waals surface area contributed by atoms with Gasteiger partial charge in [0.25, 0.3) is 0 Å². The summed E-state index contributed by atoms with van der Waals surface area (Å²) in [5.74, 6) is 0. The minimum atomic E-state index is -0.106. The molecule has 1 heterocycles. The second-order valence-corrected chi connectivity index (χ2v) is 6.65. The Morgan fingerprint density at radius 2 is 1.85 bits per heavy atom. The molecule has 0 spiro atoms. The van der Waals surface area contributed by atoms with Crippen LogP contribution in [0.1, 0.15) is 29.5 Å². The number of nitriles is 1. The minimum Gasteiger partial charge on any atom is -0.371 e. The molecule has 0 atom stereocenters. The van der Waals surface area contributed by atoms with E-state index in [9.17, 15) is 4.79 Å². The number of para-hydroxylation sites is 1. The van der Waals surface area contributed by atoms with Gasteiger partial charge in [0.1, 0.15) is 0 Å². The molecule has 1 aliphatic rings. The Balaban J connectivity index is 1.58. The highest BCUT2D eigenvalue weighted by molar-refractivity contribution is 5.74. The van der Waals surface area contributed by atoms with Crippen molar-refractivity contribution >= 4 is 11.7 Å². The summed E-state index contributed by atoms with van der Waals surface area (Å²) in [6.45, 7) is 3.20. The van der Waals surface area contributed by atoms with Crippen molar-refractivity contribution < 1.29 is 4.79 Å². The summed E-state index contributed by atoms with van der Waals surface area (Å²) in [6, 6.07) is 17.6. The number of hydrogen-bond donors (Lipinski definition) is 1. The average molecular weight is 348 g/mol. The highest BCUT2D eigenvalue weighted by Crippen LogP contribution is 2.25. The molecule has 5 heteroatoms. The van der Waals surface area contributed by atoms with Crippen LogP contribution in [0, 0.1) is 11.3 Å². The average Bonchev–Trinajstić information content (AvgIpc) is 3.21. The van der Waals surface area contributed by atoms with Crippen molar-refractivity contribution in [3.05, 3.63) is 65.2 Å². The van der Waals surface area contributed by atoms with E-state index in [0.29, 0.717) is 18.7 Å². The summed E-state index contributed by atoms with van der Waals surface area (Å²) in [7, 11) is 1.81. The number of anilines is 1. The van der Waals surface area contributed by atoms with Crippen molar-refractivity contribution in [3.8, 4) is 6.07 Å². The molecule has 1 fully saturated rings. The van der Waals surface area contributed by atoms with Crippen molar-refractivity contribution in [2.24, 2.45) is 0 Å². The molecular weight excluding hydrogens is 324 g/mol. The first-order chi connectivity index (χ1) is 12.7. The van der Waals surface area contributed by atoms with Crippen molar-refractivity contribution in [1.29, 1.82) is 5.26 Å². The van der Waals surface area contributed by atoms with E-state index in [2.05, 4.69) is 34.5 Å². The van der Waals surface area contributed by atoms with Crippen molar-refractivity contribution in [2.45, 2.75) is 25.9 Å². The lowest BCUT2D eigenvalue weighted by Gasteiger charge is -2.24. The normalized spacial score (nSPS) is 13.3. The van der Waals surface area contributed by atoms with E-state index in [-0.39, 0.29) is 6.03 Å². The predicted molar refractivity (Wildman–Crippen MR) is 103 cm³/mol. The molecule has 0 unspecified atom stereocenters. The fourth-order valence-corrected chi connectivity index (χ4v) is 3.25. The van der Waals surface area contributed by atoms with E-state index in [1.54, 1.807) is 17.0 Å². The molecule has 1 N–H and O–H groups in total. The Morgan fingerprint density at radius 3 is 2.54 bits per heavy atom. The van der Waals surface area contributed by atoms with Gasteiger partial charge in [-0.15, -0.1) is 0 Å². The number of benzene rings is 2. The van der Waals surface area contributed by atoms with Crippen molar-refractivity contribution in [1.82, 2.24) is 10.2 Å². The molecular formula is C21H24N4O. The molecule has 0 bridgehead atoms. The number of rotatable bonds is 5. The Morgan fingerprint density at radius 1 is 1.15 bits per heavy atom. The number of carbonyl (C=O) groups excluding carboxylic acids is 1. The molecule has 2 aromatic rings. The molecule has 134 valence electrons. The molecule has 0 aromatic heterocycles. The van der Waals surface area contributed by atoms with Crippen molar-refractivity contribution in [2.75, 3.05) is 25.0 Å². The third-order valence-corrected chi connectivity index (χ3v) is 4.72. The van der Waals surface area contributed by atoms with Crippen LogP contribution in [0.5, 0.6) is 0 Å². The van der Waals surface area contributed by atoms with Gasteiger partial charge in [-0.2, -0.15) is 5.26 Å². The van der Waals surface area contributed by atoms with Gasteiger partial charge in [-0.3, -0.25) is 0 Å². The maximum absolute atomic E-state index is 12.4. The predicted octanol–water partition coefficient (Wildman–Crippen LogP) is 3.50. The number of nitrogens with one attached hydrogen (secondary N) is 1. The van der Waals surface area contributed by atoms with Crippen LogP contribution in [0.25, 0.3) is 0 Å². The Labute approximate surface area is 154 Å². The number of carbonyl (C=O) groups is 1. The zero-order valence-corrected chi connectivity index (χ0v) is 15.1. The Kier molecular flexibility index (Phi) is 5.75. The second kappa shape index (κ2) is 8.39. The molecule has 1 saturated heterocycles. The maximum atomic E-state index is 12.4. The van der Waals surface area contributed by atoms with Crippen LogP contribution < -0.4 is 10.2 Å². The lowest BCUT2D eigenvalue weighted by molar-refractivity contribution is 0.206. The van der Waals surface area contributed by atoms with E-state index >= 15 is 0 Å². The summed E-state index contributed by atoms with van der Waals surface area (Å²) < 4.78 is 0. The van der Waals surface area contributed by atoms with Gasteiger partial charge in [-0.05, 0) is 42.2 Å². The Bertz CT molecular complexity index is 788. The molecule has 5 nitrogen and oxygen atoms in total. The first-order valence-electron chi connectivity index (χ1n) is 8.98. The minimum absolute atomic E-state index is 0.106. The second-order valence-electron chi connectivity index (χ2n) is 6.65. The van der Waals surface area contributed by atoms with E-state index in [4.69, 9.17) is 5.26 Å². The number of urea groups is 1. The van der Waals surface area contributed by atoms with Crippen LogP contribution >= 0.6 is 0 Å². The smallest absolute Gasteiger partial charge is 0.317 e. The summed E-state index contributed by atoms with van der Waals surface area (Å²) in [6.07, 6.45) is 2.46. The van der Waals surface area contributed by atoms with Gasteiger partial charge in [0.15, 0.2) is 0 Å². The molecule has 1 aliphatic heterocycles. The number of hydrogen-bond acceptors (Lipinski definition) is 3. The molecule has 0 saturated carbocycles. The zero-order valence-electron chi connectivity index (χ0n) is 15.1. The maximum Gasteiger partial charge on any atom is 0.317 e. The zero-order chi connectivity index (χ0) is 18.4. The lowest BCUT2D eigenvalue weighted by atomic mass is 10.1. The lowest BCUT2D eigenvalue weighted by Crippen LogP contribution is -2.36. The van der Waals surface area contributed by atoms with Gasteiger partial charge in [0, 0.05) is 38.9 Å². The summed E-state index contributed by atoms with van der Waals surface area (Å²) in [4.78, 5) is 16.5. The van der Waals surface area contributed by atoms with E-state index in [1.807, 2.05) is 25.2 Å². The van der Waals surface area contributed by atoms with Crippen LogP contribution in [0.4, 0.5) is 10.5 Å². The third-order valence-electron chi connectivity index (χ3n) is 4.72. The first kappa shape index (κ1) is 17.8. The van der Waals surface area contributed by atoms with E-state index in [0.717, 1.165) is 18.7 Å². The van der Waals surface area contributed by atoms with Crippen LogP contribution in [0.15, 0.2) is 48.5 Å². The Hall–Kier alpha value is -3.00. The molecule has 26 heavy (non-hydrogen) atoms. The van der Waals surface area contributed by atoms with Gasteiger partial charge in [0.2, 0.25) is 0 Å². The van der Waals surface area contributed by atoms with Gasteiger partial charge >= 0.3 is 6.03 Å². The monoisotopic (exact) mass is 348 g/mol. The number of nitrogens with zero attached hydrogens (tertiary/aromatic N) is 3. The first-order valence-corrected chi connectivity index (χ1v) is 8.98. The van der Waals surface area contributed by atoms with Gasteiger partial charge < -0.3 is 15.1 Å². The summed E-state index contributed by atoms with van der Waals surface area (Å²) in [5, 5.41) is 11.8. The van der Waals surface area contributed by atoms with Crippen LogP contribution in [-0.4, -0.2) is 31.1 Å². The SMILES string of the molecule is CN(Cc1ccccc1N1CCCC1)C(=O)NCc1ccc(C#N)cc1. The summed E-state index contributed by atoms with van der Waals surface area (Å²) in [5.41, 5.74) is 4.00. The fraction of sp³-hybridized carbons (Fsp3) is 0.333. The third kappa shape index (κ3) is 4.34. The van der Waals surface area contributed by atoms with Gasteiger partial charge in [-0.25, -0.2) is 4.79 Å².